The maximum Gasteiger partial charge on any atom is 0.315 e. The van der Waals surface area contributed by atoms with Crippen LogP contribution in [0.1, 0.15) is 10.6 Å². The van der Waals surface area contributed by atoms with Gasteiger partial charge in [0.05, 0.1) is 10.0 Å². The number of thioether (sulfide) groups is 2. The minimum absolute atomic E-state index is 0.0900. The van der Waals surface area contributed by atoms with Gasteiger partial charge in [0.15, 0.2) is 4.34 Å². The van der Waals surface area contributed by atoms with Gasteiger partial charge in [-0.05, 0) is 24.6 Å². The van der Waals surface area contributed by atoms with Gasteiger partial charge in [0, 0.05) is 24.6 Å². The molecule has 176 valence electrons. The van der Waals surface area contributed by atoms with Gasteiger partial charge in [0.1, 0.15) is 21.8 Å². The Hall–Kier alpha value is -1.73. The molecule has 3 atom stereocenters. The molecule has 2 aliphatic heterocycles. The molecule has 9 nitrogen and oxygen atoms in total. The monoisotopic (exact) mass is 547 g/mol. The summed E-state index contributed by atoms with van der Waals surface area (Å²) < 4.78 is 0.702. The number of hydrogen-bond acceptors (Lipinski definition) is 8. The number of carbonyl (C=O) groups excluding carboxylic acids is 2. The van der Waals surface area contributed by atoms with Gasteiger partial charge in [0.2, 0.25) is 5.91 Å². The Balaban J connectivity index is 1.31. The lowest BCUT2D eigenvalue weighted by atomic mass is 9.89. The molecule has 14 heteroatoms. The minimum atomic E-state index is -1.10. The first kappa shape index (κ1) is 24.4. The van der Waals surface area contributed by atoms with Crippen LogP contribution in [0.5, 0.6) is 0 Å². The second kappa shape index (κ2) is 9.87. The van der Waals surface area contributed by atoms with E-state index in [-0.39, 0.29) is 30.1 Å². The lowest BCUT2D eigenvalue weighted by Crippen LogP contribution is -2.74. The van der Waals surface area contributed by atoms with Crippen molar-refractivity contribution in [3.05, 3.63) is 38.8 Å². The second-order valence-electron chi connectivity index (χ2n) is 7.68. The van der Waals surface area contributed by atoms with E-state index in [1.54, 1.807) is 18.2 Å². The van der Waals surface area contributed by atoms with E-state index in [0.717, 1.165) is 10.6 Å². The SMILES string of the molecule is Cc1nnc(SCC2(C(=O)O)CS[C@@H]3C(NC(=O)NCc4ccc(Cl)c(Cl)c4)C(=O)N3C2)s1. The maximum absolute atomic E-state index is 12.7. The number of urea groups is 1. The quantitative estimate of drug-likeness (QED) is 0.356. The Bertz CT molecular complexity index is 1100. The highest BCUT2D eigenvalue weighted by Crippen LogP contribution is 2.44. The molecule has 2 fully saturated rings. The summed E-state index contributed by atoms with van der Waals surface area (Å²) in [6.07, 6.45) is 0. The summed E-state index contributed by atoms with van der Waals surface area (Å²) in [5.74, 6) is -0.641. The first-order chi connectivity index (χ1) is 15.7. The highest BCUT2D eigenvalue weighted by atomic mass is 35.5. The Morgan fingerprint density at radius 2 is 2.12 bits per heavy atom. The number of carbonyl (C=O) groups is 3. The zero-order valence-corrected chi connectivity index (χ0v) is 21.2. The van der Waals surface area contributed by atoms with E-state index in [1.807, 2.05) is 6.92 Å². The van der Waals surface area contributed by atoms with Gasteiger partial charge < -0.3 is 20.6 Å². The molecule has 2 saturated heterocycles. The number of hydrogen-bond donors (Lipinski definition) is 3. The summed E-state index contributed by atoms with van der Waals surface area (Å²) in [6.45, 7) is 2.14. The van der Waals surface area contributed by atoms with Crippen LogP contribution in [0.25, 0.3) is 0 Å². The summed E-state index contributed by atoms with van der Waals surface area (Å²) in [4.78, 5) is 38.7. The van der Waals surface area contributed by atoms with E-state index in [4.69, 9.17) is 23.2 Å². The first-order valence-electron chi connectivity index (χ1n) is 9.75. The van der Waals surface area contributed by atoms with Gasteiger partial charge in [-0.3, -0.25) is 9.59 Å². The number of aryl methyl sites for hydroxylation is 1. The number of carboxylic acid groups (broad SMARTS) is 1. The van der Waals surface area contributed by atoms with Crippen LogP contribution in [0, 0.1) is 12.3 Å². The molecule has 4 rings (SSSR count). The van der Waals surface area contributed by atoms with Crippen molar-refractivity contribution in [2.75, 3.05) is 18.1 Å². The van der Waals surface area contributed by atoms with Gasteiger partial charge in [-0.25, -0.2) is 4.79 Å². The minimum Gasteiger partial charge on any atom is -0.481 e. The number of fused-ring (bicyclic) bond motifs is 1. The zero-order valence-electron chi connectivity index (χ0n) is 17.2. The number of nitrogens with zero attached hydrogens (tertiary/aromatic N) is 3. The normalized spacial score (nSPS) is 24.1. The molecule has 1 aromatic heterocycles. The third-order valence-corrected chi connectivity index (χ3v) is 9.89. The standard InChI is InChI=1S/C19H19Cl2N5O4S3/c1-9-24-25-18(33-9)32-8-19(16(28)29)6-26-14(27)13(15(26)31-7-19)23-17(30)22-5-10-2-3-11(20)12(21)4-10/h2-4,13,15H,5-8H2,1H3,(H,28,29)(H2,22,23,30)/t13?,15-,19?/m1/s1. The molecule has 33 heavy (non-hydrogen) atoms. The molecule has 0 bridgehead atoms. The largest absolute Gasteiger partial charge is 0.481 e. The third-order valence-electron chi connectivity index (χ3n) is 5.30. The fourth-order valence-electron chi connectivity index (χ4n) is 3.47. The van der Waals surface area contributed by atoms with E-state index in [1.165, 1.54) is 39.8 Å². The van der Waals surface area contributed by atoms with Crippen molar-refractivity contribution in [3.63, 3.8) is 0 Å². The predicted molar refractivity (Wildman–Crippen MR) is 129 cm³/mol. The molecule has 2 aromatic rings. The Morgan fingerprint density at radius 1 is 1.33 bits per heavy atom. The van der Waals surface area contributed by atoms with Crippen molar-refractivity contribution in [2.24, 2.45) is 5.41 Å². The molecule has 3 N–H and O–H groups in total. The molecule has 0 saturated carbocycles. The van der Waals surface area contributed by atoms with Crippen LogP contribution < -0.4 is 10.6 Å². The summed E-state index contributed by atoms with van der Waals surface area (Å²) >= 11 is 16.0. The lowest BCUT2D eigenvalue weighted by molar-refractivity contribution is -0.156. The first-order valence-corrected chi connectivity index (χ1v) is 13.4. The summed E-state index contributed by atoms with van der Waals surface area (Å²) in [5.41, 5.74) is -0.329. The van der Waals surface area contributed by atoms with E-state index in [9.17, 15) is 19.5 Å². The molecule has 2 unspecified atom stereocenters. The number of halogens is 2. The maximum atomic E-state index is 12.7. The van der Waals surface area contributed by atoms with Gasteiger partial charge in [-0.1, -0.05) is 52.4 Å². The van der Waals surface area contributed by atoms with E-state index in [0.29, 0.717) is 20.1 Å². The molecule has 2 aliphatic rings. The van der Waals surface area contributed by atoms with Crippen molar-refractivity contribution in [3.8, 4) is 0 Å². The van der Waals surface area contributed by atoms with Crippen molar-refractivity contribution in [1.82, 2.24) is 25.7 Å². The van der Waals surface area contributed by atoms with E-state index >= 15 is 0 Å². The number of rotatable bonds is 7. The summed E-state index contributed by atoms with van der Waals surface area (Å²) in [6, 6.07) is 3.86. The van der Waals surface area contributed by atoms with Crippen LogP contribution in [-0.4, -0.2) is 67.6 Å². The molecule has 1 aromatic carbocycles. The molecular formula is C19H19Cl2N5O4S3. The number of β-lactam (4-membered cyclic amide) rings is 1. The van der Waals surface area contributed by atoms with Crippen molar-refractivity contribution < 1.29 is 19.5 Å². The number of aliphatic carboxylic acids is 1. The third kappa shape index (κ3) is 5.19. The van der Waals surface area contributed by atoms with Crippen LogP contribution in [-0.2, 0) is 16.1 Å². The number of benzene rings is 1. The van der Waals surface area contributed by atoms with Crippen molar-refractivity contribution in [2.45, 2.75) is 29.2 Å². The number of amides is 3. The summed E-state index contributed by atoms with van der Waals surface area (Å²) in [5, 5.41) is 24.6. The van der Waals surface area contributed by atoms with Crippen molar-refractivity contribution >= 4 is 76.0 Å². The molecular weight excluding hydrogens is 529 g/mol. The van der Waals surface area contributed by atoms with Crippen LogP contribution in [0.3, 0.4) is 0 Å². The molecule has 0 radical (unpaired) electrons. The number of aromatic nitrogens is 2. The zero-order chi connectivity index (χ0) is 23.8. The summed E-state index contributed by atoms with van der Waals surface area (Å²) in [7, 11) is 0. The predicted octanol–water partition coefficient (Wildman–Crippen LogP) is 3.10. The Kier molecular flexibility index (Phi) is 7.29. The molecule has 0 spiro atoms. The van der Waals surface area contributed by atoms with Crippen LogP contribution in [0.15, 0.2) is 22.5 Å². The van der Waals surface area contributed by atoms with Gasteiger partial charge in [0.25, 0.3) is 0 Å². The van der Waals surface area contributed by atoms with E-state index < -0.39 is 23.5 Å². The van der Waals surface area contributed by atoms with Gasteiger partial charge >= 0.3 is 12.0 Å². The average Bonchev–Trinajstić information content (AvgIpc) is 3.21. The van der Waals surface area contributed by atoms with Crippen LogP contribution in [0.4, 0.5) is 4.79 Å². The lowest BCUT2D eigenvalue weighted by Gasteiger charge is -2.53. The highest BCUT2D eigenvalue weighted by Gasteiger charge is 2.57. The topological polar surface area (TPSA) is 125 Å². The fourth-order valence-corrected chi connectivity index (χ4v) is 7.46. The average molecular weight is 548 g/mol. The Morgan fingerprint density at radius 3 is 2.79 bits per heavy atom. The van der Waals surface area contributed by atoms with Crippen LogP contribution >= 0.6 is 58.1 Å². The molecule has 3 heterocycles. The smallest absolute Gasteiger partial charge is 0.315 e. The number of nitrogens with one attached hydrogen (secondary N) is 2. The van der Waals surface area contributed by atoms with Crippen molar-refractivity contribution in [1.29, 1.82) is 0 Å². The van der Waals surface area contributed by atoms with Crippen LogP contribution in [0.2, 0.25) is 10.0 Å². The fraction of sp³-hybridized carbons (Fsp3) is 0.421. The Labute approximate surface area is 212 Å². The number of carboxylic acids is 1. The highest BCUT2D eigenvalue weighted by molar-refractivity contribution is 8.01. The van der Waals surface area contributed by atoms with E-state index in [2.05, 4.69) is 20.8 Å². The molecule has 3 amide bonds. The second-order valence-corrected chi connectivity index (χ2v) is 12.0. The van der Waals surface area contributed by atoms with Gasteiger partial charge in [-0.15, -0.1) is 22.0 Å². The molecule has 0 aliphatic carbocycles. The van der Waals surface area contributed by atoms with Gasteiger partial charge in [-0.2, -0.15) is 0 Å².